The molecule has 0 saturated carbocycles. The van der Waals surface area contributed by atoms with Crippen LogP contribution in [0.15, 0.2) is 75.4 Å². The monoisotopic (exact) mass is 758 g/mol. The van der Waals surface area contributed by atoms with E-state index in [9.17, 15) is 13.2 Å². The van der Waals surface area contributed by atoms with Crippen molar-refractivity contribution in [3.05, 3.63) is 115 Å². The number of H-pyrrole nitrogens is 1. The zero-order chi connectivity index (χ0) is 35.4. The third kappa shape index (κ3) is 10.8. The Balaban J connectivity index is 0.000000166. The largest absolute Gasteiger partial charge is 0.497 e. The van der Waals surface area contributed by atoms with Crippen LogP contribution in [0.2, 0.25) is 5.02 Å². The number of aliphatic imine (C=N–C) groups is 2. The first-order valence-corrected chi connectivity index (χ1v) is 17.5. The van der Waals surface area contributed by atoms with Gasteiger partial charge in [0.05, 0.1) is 30.8 Å². The molecule has 6 rings (SSSR count). The van der Waals surface area contributed by atoms with Crippen molar-refractivity contribution in [1.29, 1.82) is 0 Å². The van der Waals surface area contributed by atoms with Crippen LogP contribution in [0.1, 0.15) is 58.6 Å². The number of aromatic amines is 1. The van der Waals surface area contributed by atoms with Gasteiger partial charge in [-0.1, -0.05) is 71.7 Å². The molecule has 3 heterocycles. The highest BCUT2D eigenvalue weighted by atomic mass is 79.9. The number of amidine groups is 2. The predicted molar refractivity (Wildman–Crippen MR) is 196 cm³/mol. The summed E-state index contributed by atoms with van der Waals surface area (Å²) in [7, 11) is 1.69. The minimum atomic E-state index is -4.42. The summed E-state index contributed by atoms with van der Waals surface area (Å²) in [6.45, 7) is 9.76. The fourth-order valence-corrected chi connectivity index (χ4v) is 6.36. The van der Waals surface area contributed by atoms with Gasteiger partial charge in [0.25, 0.3) is 0 Å². The van der Waals surface area contributed by atoms with Crippen LogP contribution in [-0.2, 0) is 38.3 Å². The van der Waals surface area contributed by atoms with Crippen molar-refractivity contribution < 1.29 is 17.9 Å². The number of aryl methyl sites for hydroxylation is 2. The standard InChI is InChI=1S/C14H18N2.C12H15BrN2O.C11H10ClF3N2/c1-3-11-6-5-7-12(4-2)13(11)10-14-15-8-9-16-14;1-8-9(6-12-14-3-4-15-12)5-10(16-2)7-11(8)13;12-10-7(6-9-16-4-5-17-9)2-1-3-8(10)11(13,14)15/h5-9H,3-4,10H2,1-2H3,(H,15,16);5,7H,3-4,6H2,1-2H3,(H,14,15);1-3H,4-6H2,(H,16,17). The molecule has 0 spiro atoms. The summed E-state index contributed by atoms with van der Waals surface area (Å²) < 4.78 is 44.2. The van der Waals surface area contributed by atoms with Gasteiger partial charge in [0.15, 0.2) is 0 Å². The maximum atomic E-state index is 12.6. The van der Waals surface area contributed by atoms with E-state index in [0.717, 1.165) is 73.3 Å². The Morgan fingerprint density at radius 2 is 1.45 bits per heavy atom. The molecule has 0 saturated heterocycles. The van der Waals surface area contributed by atoms with E-state index < -0.39 is 11.7 Å². The lowest BCUT2D eigenvalue weighted by Crippen LogP contribution is -2.21. The third-order valence-electron chi connectivity index (χ3n) is 8.28. The third-order valence-corrected chi connectivity index (χ3v) is 9.55. The number of halogens is 5. The molecule has 0 fully saturated rings. The molecule has 262 valence electrons. The smallest absolute Gasteiger partial charge is 0.417 e. The van der Waals surface area contributed by atoms with Gasteiger partial charge < -0.3 is 20.4 Å². The van der Waals surface area contributed by atoms with Gasteiger partial charge in [0.2, 0.25) is 0 Å². The molecule has 2 aliphatic heterocycles. The van der Waals surface area contributed by atoms with Crippen molar-refractivity contribution in [1.82, 2.24) is 20.6 Å². The van der Waals surface area contributed by atoms with E-state index in [1.807, 2.05) is 18.5 Å². The Morgan fingerprint density at radius 3 is 1.96 bits per heavy atom. The van der Waals surface area contributed by atoms with Gasteiger partial charge in [0.1, 0.15) is 23.2 Å². The molecule has 3 aromatic carbocycles. The van der Waals surface area contributed by atoms with Crippen molar-refractivity contribution in [2.75, 3.05) is 33.3 Å². The van der Waals surface area contributed by atoms with Crippen molar-refractivity contribution in [2.24, 2.45) is 9.98 Å². The summed E-state index contributed by atoms with van der Waals surface area (Å²) in [5, 5.41) is 6.04. The molecular weight excluding hydrogens is 717 g/mol. The van der Waals surface area contributed by atoms with E-state index >= 15 is 0 Å². The Labute approximate surface area is 300 Å². The summed E-state index contributed by atoms with van der Waals surface area (Å²) in [6.07, 6.45) is 3.53. The van der Waals surface area contributed by atoms with Gasteiger partial charge in [-0.25, -0.2) is 4.98 Å². The molecule has 0 amide bonds. The lowest BCUT2D eigenvalue weighted by atomic mass is 9.95. The molecule has 7 nitrogen and oxygen atoms in total. The minimum Gasteiger partial charge on any atom is -0.497 e. The number of hydrogen-bond acceptors (Lipinski definition) is 6. The Morgan fingerprint density at radius 1 is 0.857 bits per heavy atom. The SMILES string of the molecule is CCc1cccc(CC)c1Cc1ncc[nH]1.COc1cc(Br)c(C)c(CC2=NCCN2)c1.FC(F)(F)c1cccc(CC2=NCCN2)c1Cl. The first-order valence-electron chi connectivity index (χ1n) is 16.3. The highest BCUT2D eigenvalue weighted by molar-refractivity contribution is 9.10. The van der Waals surface area contributed by atoms with Crippen molar-refractivity contribution in [3.8, 4) is 5.75 Å². The molecule has 1 aromatic heterocycles. The number of ether oxygens (including phenoxy) is 1. The Kier molecular flexibility index (Phi) is 14.1. The number of alkyl halides is 3. The van der Waals surface area contributed by atoms with E-state index in [1.165, 1.54) is 33.9 Å². The van der Waals surface area contributed by atoms with Gasteiger partial charge >= 0.3 is 6.18 Å². The highest BCUT2D eigenvalue weighted by Crippen LogP contribution is 2.36. The zero-order valence-electron chi connectivity index (χ0n) is 28.3. The lowest BCUT2D eigenvalue weighted by molar-refractivity contribution is -0.137. The van der Waals surface area contributed by atoms with E-state index in [0.29, 0.717) is 24.4 Å². The number of nitrogens with zero attached hydrogens (tertiary/aromatic N) is 3. The number of rotatable bonds is 9. The average molecular weight is 760 g/mol. The number of methoxy groups -OCH3 is 1. The zero-order valence-corrected chi connectivity index (χ0v) is 30.6. The number of benzene rings is 3. The van der Waals surface area contributed by atoms with Crippen LogP contribution < -0.4 is 15.4 Å². The fraction of sp³-hybridized carbons (Fsp3) is 0.378. The van der Waals surface area contributed by atoms with Crippen molar-refractivity contribution in [2.45, 2.75) is 59.1 Å². The highest BCUT2D eigenvalue weighted by Gasteiger charge is 2.34. The number of imidazole rings is 1. The molecule has 0 radical (unpaired) electrons. The normalized spacial score (nSPS) is 13.7. The second kappa shape index (κ2) is 18.2. The molecule has 0 aliphatic carbocycles. The van der Waals surface area contributed by atoms with Crippen LogP contribution in [0, 0.1) is 6.92 Å². The van der Waals surface area contributed by atoms with Crippen LogP contribution in [0.3, 0.4) is 0 Å². The second-order valence-electron chi connectivity index (χ2n) is 11.5. The van der Waals surface area contributed by atoms with Gasteiger partial charge in [-0.05, 0) is 71.3 Å². The minimum absolute atomic E-state index is 0.239. The summed E-state index contributed by atoms with van der Waals surface area (Å²) in [4.78, 5) is 16.0. The topological polar surface area (TPSA) is 86.7 Å². The maximum absolute atomic E-state index is 12.6. The summed E-state index contributed by atoms with van der Waals surface area (Å²) in [5.41, 5.74) is 6.47. The first kappa shape index (κ1) is 38.0. The van der Waals surface area contributed by atoms with E-state index in [2.05, 4.69) is 91.6 Å². The molecule has 0 unspecified atom stereocenters. The second-order valence-corrected chi connectivity index (χ2v) is 12.7. The number of hydrogen-bond donors (Lipinski definition) is 3. The van der Waals surface area contributed by atoms with E-state index in [-0.39, 0.29) is 5.02 Å². The average Bonchev–Trinajstić information content (AvgIpc) is 3.90. The molecule has 4 aromatic rings. The molecule has 49 heavy (non-hydrogen) atoms. The van der Waals surface area contributed by atoms with Crippen LogP contribution >= 0.6 is 27.5 Å². The quantitative estimate of drug-likeness (QED) is 0.160. The van der Waals surface area contributed by atoms with Crippen LogP contribution in [0.4, 0.5) is 13.2 Å². The maximum Gasteiger partial charge on any atom is 0.417 e. The molecule has 2 aliphatic rings. The summed E-state index contributed by atoms with van der Waals surface area (Å²) >= 11 is 9.32. The lowest BCUT2D eigenvalue weighted by Gasteiger charge is -2.12. The molecular formula is C37H43BrClF3N6O. The van der Waals surface area contributed by atoms with Crippen LogP contribution in [0.5, 0.6) is 5.75 Å². The van der Waals surface area contributed by atoms with Crippen molar-refractivity contribution >= 4 is 39.2 Å². The molecule has 12 heteroatoms. The van der Waals surface area contributed by atoms with Gasteiger partial charge in [-0.15, -0.1) is 0 Å². The summed E-state index contributed by atoms with van der Waals surface area (Å²) in [6, 6.07) is 14.6. The van der Waals surface area contributed by atoms with E-state index in [4.69, 9.17) is 16.3 Å². The Hall–Kier alpha value is -3.83. The first-order chi connectivity index (χ1) is 23.5. The van der Waals surface area contributed by atoms with Gasteiger partial charge in [-0.2, -0.15) is 13.2 Å². The Bertz CT molecular complexity index is 1720. The van der Waals surface area contributed by atoms with Crippen LogP contribution in [0.25, 0.3) is 0 Å². The van der Waals surface area contributed by atoms with E-state index in [1.54, 1.807) is 13.2 Å². The molecule has 0 bridgehead atoms. The number of aromatic nitrogens is 2. The molecule has 3 N–H and O–H groups in total. The van der Waals surface area contributed by atoms with Gasteiger partial charge in [-0.3, -0.25) is 9.98 Å². The number of nitrogens with one attached hydrogen (secondary N) is 3. The van der Waals surface area contributed by atoms with Gasteiger partial charge in [0, 0.05) is 49.2 Å². The fourth-order valence-electron chi connectivity index (χ4n) is 5.58. The predicted octanol–water partition coefficient (Wildman–Crippen LogP) is 8.34. The van der Waals surface area contributed by atoms with Crippen molar-refractivity contribution in [3.63, 3.8) is 0 Å². The summed E-state index contributed by atoms with van der Waals surface area (Å²) in [5.74, 6) is 3.69. The van der Waals surface area contributed by atoms with Crippen LogP contribution in [-0.4, -0.2) is 54.9 Å². The molecule has 0 atom stereocenters.